The Morgan fingerprint density at radius 3 is 2.21 bits per heavy atom. The van der Waals surface area contributed by atoms with E-state index in [4.69, 9.17) is 5.73 Å². The maximum atomic E-state index is 12.1. The summed E-state index contributed by atoms with van der Waals surface area (Å²) >= 11 is 0. The van der Waals surface area contributed by atoms with E-state index in [1.165, 1.54) is 38.2 Å². The molecule has 4 heteroatoms. The fraction of sp³-hybridized carbons (Fsp3) is 0.867. The molecule has 0 bridgehead atoms. The first-order valence-corrected chi connectivity index (χ1v) is 9.31. The smallest absolute Gasteiger partial charge is 0.156 e. The molecule has 0 amide bonds. The standard InChI is InChI=1S/C15H27NO2S/c1-2-12-19(17,18)14-8-10-15(16,11-9-14)13-6-4-3-5-7-13/h2,13-14H,1,3-12,16H2. The lowest BCUT2D eigenvalue weighted by atomic mass is 9.68. The Balaban J connectivity index is 1.96. The van der Waals surface area contributed by atoms with E-state index in [0.29, 0.717) is 5.92 Å². The summed E-state index contributed by atoms with van der Waals surface area (Å²) in [6, 6.07) is 0. The predicted molar refractivity (Wildman–Crippen MR) is 79.7 cm³/mol. The van der Waals surface area contributed by atoms with Gasteiger partial charge in [0.2, 0.25) is 0 Å². The summed E-state index contributed by atoms with van der Waals surface area (Å²) in [7, 11) is -2.99. The van der Waals surface area contributed by atoms with Crippen LogP contribution in [0.15, 0.2) is 12.7 Å². The SMILES string of the molecule is C=CCS(=O)(=O)C1CCC(N)(C2CCCCC2)CC1. The summed E-state index contributed by atoms with van der Waals surface area (Å²) in [6.45, 7) is 3.54. The van der Waals surface area contributed by atoms with Gasteiger partial charge in [-0.15, -0.1) is 6.58 Å². The van der Waals surface area contributed by atoms with Crippen molar-refractivity contribution in [2.75, 3.05) is 5.75 Å². The van der Waals surface area contributed by atoms with Crippen LogP contribution < -0.4 is 5.73 Å². The third-order valence-corrected chi connectivity index (χ3v) is 7.33. The Morgan fingerprint density at radius 2 is 1.68 bits per heavy atom. The van der Waals surface area contributed by atoms with Crippen molar-refractivity contribution >= 4 is 9.84 Å². The number of sulfone groups is 1. The van der Waals surface area contributed by atoms with E-state index in [0.717, 1.165) is 25.7 Å². The van der Waals surface area contributed by atoms with Gasteiger partial charge >= 0.3 is 0 Å². The molecule has 0 heterocycles. The van der Waals surface area contributed by atoms with E-state index >= 15 is 0 Å². The lowest BCUT2D eigenvalue weighted by Gasteiger charge is -2.44. The van der Waals surface area contributed by atoms with Gasteiger partial charge in [0.1, 0.15) is 0 Å². The molecule has 0 radical (unpaired) electrons. The molecule has 2 aliphatic rings. The number of nitrogens with two attached hydrogens (primary N) is 1. The minimum atomic E-state index is -2.99. The van der Waals surface area contributed by atoms with E-state index in [9.17, 15) is 8.42 Å². The topological polar surface area (TPSA) is 60.2 Å². The molecule has 0 aromatic heterocycles. The van der Waals surface area contributed by atoms with Gasteiger partial charge in [-0.05, 0) is 44.4 Å². The molecule has 2 N–H and O–H groups in total. The van der Waals surface area contributed by atoms with Crippen molar-refractivity contribution in [3.8, 4) is 0 Å². The molecule has 0 aliphatic heterocycles. The van der Waals surface area contributed by atoms with Gasteiger partial charge in [0.15, 0.2) is 9.84 Å². The van der Waals surface area contributed by atoms with E-state index < -0.39 is 9.84 Å². The Morgan fingerprint density at radius 1 is 1.11 bits per heavy atom. The van der Waals surface area contributed by atoms with Gasteiger partial charge in [-0.1, -0.05) is 25.3 Å². The van der Waals surface area contributed by atoms with Gasteiger partial charge < -0.3 is 5.73 Å². The van der Waals surface area contributed by atoms with Crippen molar-refractivity contribution in [3.63, 3.8) is 0 Å². The van der Waals surface area contributed by atoms with Crippen molar-refractivity contribution < 1.29 is 8.42 Å². The molecular formula is C15H27NO2S. The first kappa shape index (κ1) is 15.0. The molecule has 0 aromatic carbocycles. The van der Waals surface area contributed by atoms with Crippen molar-refractivity contribution in [2.24, 2.45) is 11.7 Å². The van der Waals surface area contributed by atoms with Gasteiger partial charge in [0.05, 0.1) is 11.0 Å². The summed E-state index contributed by atoms with van der Waals surface area (Å²) in [5.74, 6) is 0.725. The van der Waals surface area contributed by atoms with Crippen molar-refractivity contribution in [3.05, 3.63) is 12.7 Å². The highest BCUT2D eigenvalue weighted by molar-refractivity contribution is 7.92. The molecular weight excluding hydrogens is 258 g/mol. The van der Waals surface area contributed by atoms with Gasteiger partial charge in [-0.3, -0.25) is 0 Å². The highest BCUT2D eigenvalue weighted by Gasteiger charge is 2.41. The molecule has 0 atom stereocenters. The van der Waals surface area contributed by atoms with E-state index in [1.807, 2.05) is 0 Å². The Labute approximate surface area is 117 Å². The quantitative estimate of drug-likeness (QED) is 0.808. The number of rotatable bonds is 4. The van der Waals surface area contributed by atoms with Crippen molar-refractivity contribution in [1.82, 2.24) is 0 Å². The zero-order chi connectivity index (χ0) is 13.9. The molecule has 2 fully saturated rings. The number of hydrogen-bond acceptors (Lipinski definition) is 3. The van der Waals surface area contributed by atoms with Crippen LogP contribution in [0.3, 0.4) is 0 Å². The average molecular weight is 285 g/mol. The molecule has 110 valence electrons. The molecule has 0 unspecified atom stereocenters. The first-order valence-electron chi connectivity index (χ1n) is 7.59. The normalized spacial score (nSPS) is 34.1. The lowest BCUT2D eigenvalue weighted by Crippen LogP contribution is -2.52. The summed E-state index contributed by atoms with van der Waals surface area (Å²) in [5, 5.41) is -0.189. The second kappa shape index (κ2) is 5.96. The Kier molecular flexibility index (Phi) is 4.72. The Hall–Kier alpha value is -0.350. The summed E-state index contributed by atoms with van der Waals surface area (Å²) in [4.78, 5) is 0. The third-order valence-electron chi connectivity index (χ3n) is 5.14. The van der Waals surface area contributed by atoms with E-state index in [-0.39, 0.29) is 16.5 Å². The third kappa shape index (κ3) is 3.40. The minimum Gasteiger partial charge on any atom is -0.325 e. The van der Waals surface area contributed by atoms with Gasteiger partial charge in [-0.2, -0.15) is 0 Å². The fourth-order valence-corrected chi connectivity index (χ4v) is 5.43. The van der Waals surface area contributed by atoms with Crippen LogP contribution in [0.2, 0.25) is 0 Å². The summed E-state index contributed by atoms with van der Waals surface area (Å²) in [6.07, 6.45) is 11.1. The van der Waals surface area contributed by atoms with Crippen molar-refractivity contribution in [2.45, 2.75) is 68.6 Å². The van der Waals surface area contributed by atoms with Crippen LogP contribution in [0.1, 0.15) is 57.8 Å². The minimum absolute atomic E-state index is 0.0966. The van der Waals surface area contributed by atoms with Crippen molar-refractivity contribution in [1.29, 1.82) is 0 Å². The van der Waals surface area contributed by atoms with E-state index in [2.05, 4.69) is 6.58 Å². The first-order chi connectivity index (χ1) is 8.98. The molecule has 0 saturated heterocycles. The fourth-order valence-electron chi connectivity index (χ4n) is 3.87. The lowest BCUT2D eigenvalue weighted by molar-refractivity contribution is 0.155. The van der Waals surface area contributed by atoms with Crippen LogP contribution in [0, 0.1) is 5.92 Å². The van der Waals surface area contributed by atoms with Crippen LogP contribution in [0.25, 0.3) is 0 Å². The molecule has 19 heavy (non-hydrogen) atoms. The van der Waals surface area contributed by atoms with Crippen LogP contribution in [0.4, 0.5) is 0 Å². The van der Waals surface area contributed by atoms with Crippen LogP contribution >= 0.6 is 0 Å². The molecule has 2 saturated carbocycles. The van der Waals surface area contributed by atoms with Crippen LogP contribution in [0.5, 0.6) is 0 Å². The highest BCUT2D eigenvalue weighted by Crippen LogP contribution is 2.41. The van der Waals surface area contributed by atoms with Gasteiger partial charge in [-0.25, -0.2) is 8.42 Å². The second-order valence-corrected chi connectivity index (χ2v) is 8.71. The summed E-state index contributed by atoms with van der Waals surface area (Å²) < 4.78 is 24.1. The zero-order valence-electron chi connectivity index (χ0n) is 11.8. The predicted octanol–water partition coefficient (Wildman–Crippen LogP) is 2.81. The molecule has 2 rings (SSSR count). The second-order valence-electron chi connectivity index (χ2n) is 6.39. The van der Waals surface area contributed by atoms with Crippen LogP contribution in [-0.2, 0) is 9.84 Å². The van der Waals surface area contributed by atoms with Gasteiger partial charge in [0, 0.05) is 5.54 Å². The Bertz CT molecular complexity index is 402. The largest absolute Gasteiger partial charge is 0.325 e. The van der Waals surface area contributed by atoms with Crippen LogP contribution in [-0.4, -0.2) is 25.0 Å². The maximum absolute atomic E-state index is 12.1. The number of hydrogen-bond donors (Lipinski definition) is 1. The zero-order valence-corrected chi connectivity index (χ0v) is 12.6. The molecule has 0 spiro atoms. The van der Waals surface area contributed by atoms with Gasteiger partial charge in [0.25, 0.3) is 0 Å². The molecule has 3 nitrogen and oxygen atoms in total. The maximum Gasteiger partial charge on any atom is 0.156 e. The highest BCUT2D eigenvalue weighted by atomic mass is 32.2. The molecule has 0 aromatic rings. The van der Waals surface area contributed by atoms with E-state index in [1.54, 1.807) is 0 Å². The average Bonchev–Trinajstić information content (AvgIpc) is 2.40. The summed E-state index contributed by atoms with van der Waals surface area (Å²) in [5.41, 5.74) is 6.50. The monoisotopic (exact) mass is 285 g/mol. The molecule has 2 aliphatic carbocycles.